The van der Waals surface area contributed by atoms with E-state index in [2.05, 4.69) is 4.74 Å². The summed E-state index contributed by atoms with van der Waals surface area (Å²) in [4.78, 5) is 62.2. The van der Waals surface area contributed by atoms with Gasteiger partial charge in [0.2, 0.25) is 12.2 Å². The molecule has 14 heteroatoms. The number of hydrogen-bond acceptors (Lipinski definition) is 13. The first kappa shape index (κ1) is 29.8. The molecule has 1 aromatic rings. The number of allylic oxidation sites excluding steroid dienone is 1. The molecule has 14 nitrogen and oxygen atoms in total. The molecule has 0 amide bonds. The van der Waals surface area contributed by atoms with E-state index in [4.69, 9.17) is 19.3 Å². The van der Waals surface area contributed by atoms with E-state index < -0.39 is 59.7 Å². The number of carboxylic acids is 1. The van der Waals surface area contributed by atoms with Crippen molar-refractivity contribution in [2.24, 2.45) is 0 Å². The molecule has 0 radical (unpaired) electrons. The Balaban J connectivity index is 1.69. The molecule has 0 saturated carbocycles. The first-order valence-electron chi connectivity index (χ1n) is 12.8. The number of phenolic OH excluding ortho intramolecular Hbond substituents is 2. The number of phenols is 2. The molecule has 1 fully saturated rings. The lowest BCUT2D eigenvalue weighted by Crippen LogP contribution is -2.71. The van der Waals surface area contributed by atoms with E-state index in [1.54, 1.807) is 6.07 Å². The molecule has 2 aliphatic carbocycles. The Bertz CT molecular complexity index is 1320. The van der Waals surface area contributed by atoms with E-state index in [1.807, 2.05) is 11.9 Å². The average Bonchev–Trinajstić information content (AvgIpc) is 2.88. The molecule has 0 unspecified atom stereocenters. The van der Waals surface area contributed by atoms with Gasteiger partial charge in [0.15, 0.2) is 18.1 Å². The number of aromatic hydroxyl groups is 2. The minimum Gasteiger partial charge on any atom is -0.504 e. The summed E-state index contributed by atoms with van der Waals surface area (Å²) in [6.07, 6.45) is -2.26. The molecule has 4 rings (SSSR count). The van der Waals surface area contributed by atoms with Gasteiger partial charge in [-0.3, -0.25) is 9.59 Å². The zero-order chi connectivity index (χ0) is 30.3. The van der Waals surface area contributed by atoms with Crippen molar-refractivity contribution < 1.29 is 63.3 Å². The van der Waals surface area contributed by atoms with Crippen LogP contribution in [0.2, 0.25) is 0 Å². The third kappa shape index (κ3) is 5.32. The van der Waals surface area contributed by atoms with Crippen LogP contribution in [0.15, 0.2) is 24.0 Å². The summed E-state index contributed by atoms with van der Waals surface area (Å²) in [6, 6.07) is 2.69. The van der Waals surface area contributed by atoms with Gasteiger partial charge < -0.3 is 44.3 Å². The summed E-state index contributed by atoms with van der Waals surface area (Å²) in [7, 11) is 1.87. The molecule has 0 aromatic heterocycles. The van der Waals surface area contributed by atoms with Gasteiger partial charge in [-0.05, 0) is 44.1 Å². The quantitative estimate of drug-likeness (QED) is 0.183. The first-order valence-corrected chi connectivity index (χ1v) is 12.8. The molecular formula is C27H31NO13. The van der Waals surface area contributed by atoms with Crippen LogP contribution in [0.3, 0.4) is 0 Å². The summed E-state index contributed by atoms with van der Waals surface area (Å²) < 4.78 is 19.9. The summed E-state index contributed by atoms with van der Waals surface area (Å²) in [5, 5.41) is 42.1. The minimum atomic E-state index is -2.17. The molecule has 1 heterocycles. The maximum atomic E-state index is 13.3. The fraction of sp³-hybridized carbons (Fsp3) is 0.519. The largest absolute Gasteiger partial charge is 0.504 e. The van der Waals surface area contributed by atoms with Crippen LogP contribution in [0.4, 0.5) is 0 Å². The molecule has 2 bridgehead atoms. The number of nitrogens with zero attached hydrogens (tertiary/aromatic N) is 1. The van der Waals surface area contributed by atoms with Crippen LogP contribution >= 0.6 is 0 Å². The fourth-order valence-corrected chi connectivity index (χ4v) is 6.23. The Morgan fingerprint density at radius 1 is 1.05 bits per heavy atom. The van der Waals surface area contributed by atoms with Gasteiger partial charge in [-0.1, -0.05) is 6.07 Å². The van der Waals surface area contributed by atoms with Gasteiger partial charge in [0, 0.05) is 43.7 Å². The zero-order valence-corrected chi connectivity index (χ0v) is 22.6. The summed E-state index contributed by atoms with van der Waals surface area (Å²) in [6.45, 7) is 1.24. The van der Waals surface area contributed by atoms with Crippen molar-refractivity contribution in [2.75, 3.05) is 20.2 Å². The molecular weight excluding hydrogens is 546 g/mol. The van der Waals surface area contributed by atoms with Crippen molar-refractivity contribution in [2.45, 2.75) is 68.8 Å². The van der Waals surface area contributed by atoms with Crippen LogP contribution in [0.1, 0.15) is 44.2 Å². The second-order valence-corrected chi connectivity index (χ2v) is 10.5. The molecule has 1 saturated heterocycles. The number of carbonyl (C=O) groups excluding carboxylic acids is 4. The normalized spacial score (nSPS) is 26.2. The molecule has 4 N–H and O–H groups in total. The Labute approximate surface area is 234 Å². The highest BCUT2D eigenvalue weighted by atomic mass is 16.6. The molecule has 5 atom stereocenters. The van der Waals surface area contributed by atoms with E-state index in [1.165, 1.54) is 12.1 Å². The number of carbonyl (C=O) groups is 5. The number of esters is 4. The predicted octanol–water partition coefficient (Wildman–Crippen LogP) is 0.0390. The van der Waals surface area contributed by atoms with Crippen molar-refractivity contribution in [1.82, 2.24) is 4.90 Å². The second-order valence-electron chi connectivity index (χ2n) is 10.5. The highest BCUT2D eigenvalue weighted by Gasteiger charge is 2.64. The number of likely N-dealkylation sites (tertiary alicyclic amines) is 1. The number of ether oxygens (including phenoxy) is 4. The van der Waals surface area contributed by atoms with Crippen LogP contribution < -0.4 is 0 Å². The molecule has 1 aromatic carbocycles. The SMILES string of the molecule is CC(=O)O[C@@H](C(=O)OCC(=O)O)[C@@H](OC(C)=O)C(=O)OC1=CC[C@@]2(O)[C@H]3Cc4ccc(O)c(O)c4[C@@]2(CCN3C)C1. The van der Waals surface area contributed by atoms with Crippen LogP contribution in [0.25, 0.3) is 0 Å². The van der Waals surface area contributed by atoms with Crippen LogP contribution in [-0.2, 0) is 54.8 Å². The van der Waals surface area contributed by atoms with Crippen molar-refractivity contribution in [1.29, 1.82) is 0 Å². The number of carboxylic acid groups (broad SMARTS) is 1. The fourth-order valence-electron chi connectivity index (χ4n) is 6.23. The predicted molar refractivity (Wildman–Crippen MR) is 134 cm³/mol. The lowest BCUT2D eigenvalue weighted by atomic mass is 9.50. The van der Waals surface area contributed by atoms with E-state index in [0.717, 1.165) is 13.8 Å². The van der Waals surface area contributed by atoms with E-state index >= 15 is 0 Å². The van der Waals surface area contributed by atoms with E-state index in [0.29, 0.717) is 30.5 Å². The number of aliphatic carboxylic acids is 1. The molecule has 222 valence electrons. The van der Waals surface area contributed by atoms with Gasteiger partial charge in [-0.15, -0.1) is 0 Å². The van der Waals surface area contributed by atoms with Crippen molar-refractivity contribution in [3.63, 3.8) is 0 Å². The van der Waals surface area contributed by atoms with E-state index in [9.17, 15) is 39.3 Å². The highest BCUT2D eigenvalue weighted by molar-refractivity contribution is 5.90. The summed E-state index contributed by atoms with van der Waals surface area (Å²) in [5.41, 5.74) is -1.54. The van der Waals surface area contributed by atoms with Crippen molar-refractivity contribution in [3.05, 3.63) is 35.1 Å². The van der Waals surface area contributed by atoms with Crippen LogP contribution in [-0.4, -0.2) is 99.2 Å². The van der Waals surface area contributed by atoms with Crippen molar-refractivity contribution >= 4 is 29.8 Å². The number of rotatable bonds is 8. The van der Waals surface area contributed by atoms with Gasteiger partial charge in [0.25, 0.3) is 0 Å². The number of aliphatic hydroxyl groups is 1. The molecule has 1 aliphatic heterocycles. The number of hydrogen-bond donors (Lipinski definition) is 4. The average molecular weight is 578 g/mol. The Kier molecular flexibility index (Phi) is 8.00. The third-order valence-electron chi connectivity index (χ3n) is 7.95. The summed E-state index contributed by atoms with van der Waals surface area (Å²) >= 11 is 0. The molecule has 3 aliphatic rings. The topological polar surface area (TPSA) is 206 Å². The lowest BCUT2D eigenvalue weighted by Gasteiger charge is -2.62. The standard InChI is InChI=1S/C27H31NO13/c1-13(29)39-22(24(35)38-12-19(32)33)23(40-14(2)30)25(36)41-16-6-7-27(37)18-10-15-4-5-17(31)21(34)20(15)26(27,11-16)8-9-28(18)3/h4-6,18,22-23,31,34,37H,7-12H2,1-3H3,(H,32,33)/t18-,22-,23-,26-,27-/m1/s1. The number of benzene rings is 1. The third-order valence-corrected chi connectivity index (χ3v) is 7.95. The van der Waals surface area contributed by atoms with Crippen LogP contribution in [0.5, 0.6) is 11.5 Å². The maximum absolute atomic E-state index is 13.3. The van der Waals surface area contributed by atoms with Gasteiger partial charge in [0.1, 0.15) is 5.76 Å². The Morgan fingerprint density at radius 2 is 1.68 bits per heavy atom. The van der Waals surface area contributed by atoms with Crippen molar-refractivity contribution in [3.8, 4) is 11.5 Å². The van der Waals surface area contributed by atoms with Gasteiger partial charge in [0.05, 0.1) is 5.60 Å². The van der Waals surface area contributed by atoms with Gasteiger partial charge in [-0.25, -0.2) is 14.4 Å². The first-order chi connectivity index (χ1) is 19.2. The molecule has 0 spiro atoms. The smallest absolute Gasteiger partial charge is 0.357 e. The Morgan fingerprint density at radius 3 is 2.29 bits per heavy atom. The van der Waals surface area contributed by atoms with Gasteiger partial charge >= 0.3 is 29.8 Å². The maximum Gasteiger partial charge on any atom is 0.357 e. The monoisotopic (exact) mass is 577 g/mol. The van der Waals surface area contributed by atoms with E-state index in [-0.39, 0.29) is 36.1 Å². The lowest BCUT2D eigenvalue weighted by molar-refractivity contribution is -0.191. The Hall–Kier alpha value is -4.17. The number of fused-ring (bicyclic) bond motifs is 1. The number of likely N-dealkylation sites (N-methyl/N-ethyl adjacent to an activating group) is 1. The second kappa shape index (κ2) is 11.0. The van der Waals surface area contributed by atoms with Gasteiger partial charge in [-0.2, -0.15) is 0 Å². The zero-order valence-electron chi connectivity index (χ0n) is 22.6. The molecule has 41 heavy (non-hydrogen) atoms. The summed E-state index contributed by atoms with van der Waals surface area (Å²) in [5.74, 6) is -7.15. The minimum absolute atomic E-state index is 0.00852. The highest BCUT2D eigenvalue weighted by Crippen LogP contribution is 2.60. The van der Waals surface area contributed by atoms with Crippen LogP contribution in [0, 0.1) is 0 Å². The number of piperidine rings is 1.